The lowest BCUT2D eigenvalue weighted by Gasteiger charge is -2.27. The second-order valence-electron chi connectivity index (χ2n) is 4.58. The summed E-state index contributed by atoms with van der Waals surface area (Å²) in [6, 6.07) is 4.26. The fourth-order valence-corrected chi connectivity index (χ4v) is 3.15. The van der Waals surface area contributed by atoms with Gasteiger partial charge in [-0.2, -0.15) is 0 Å². The van der Waals surface area contributed by atoms with E-state index in [4.69, 9.17) is 10.5 Å². The van der Waals surface area contributed by atoms with Crippen LogP contribution in [0.2, 0.25) is 0 Å². The van der Waals surface area contributed by atoms with Crippen molar-refractivity contribution in [2.75, 3.05) is 13.2 Å². The minimum Gasteiger partial charge on any atom is -0.381 e. The number of ether oxygens (including phenoxy) is 1. The number of pyridine rings is 1. The third-order valence-electron chi connectivity index (χ3n) is 3.41. The van der Waals surface area contributed by atoms with Gasteiger partial charge in [0.05, 0.1) is 16.8 Å². The number of rotatable bonds is 2. The van der Waals surface area contributed by atoms with Gasteiger partial charge >= 0.3 is 0 Å². The highest BCUT2D eigenvalue weighted by molar-refractivity contribution is 7.17. The molecule has 0 bridgehead atoms. The summed E-state index contributed by atoms with van der Waals surface area (Å²) in [5, 5.41) is 2.07. The Morgan fingerprint density at radius 1 is 1.53 bits per heavy atom. The Hall–Kier alpha value is -0.970. The van der Waals surface area contributed by atoms with Crippen LogP contribution in [-0.4, -0.2) is 18.2 Å². The van der Waals surface area contributed by atoms with Crippen molar-refractivity contribution < 1.29 is 4.74 Å². The van der Waals surface area contributed by atoms with E-state index >= 15 is 0 Å². The van der Waals surface area contributed by atoms with Crippen molar-refractivity contribution in [2.45, 2.75) is 18.9 Å². The predicted octanol–water partition coefficient (Wildman–Crippen LogP) is 2.72. The van der Waals surface area contributed by atoms with E-state index in [0.29, 0.717) is 5.92 Å². The number of fused-ring (bicyclic) bond motifs is 1. The van der Waals surface area contributed by atoms with E-state index in [2.05, 4.69) is 16.4 Å². The topological polar surface area (TPSA) is 48.1 Å². The summed E-state index contributed by atoms with van der Waals surface area (Å²) in [5.41, 5.74) is 8.51. The molecular weight excluding hydrogens is 232 g/mol. The molecule has 0 radical (unpaired) electrons. The molecule has 2 aromatic rings. The van der Waals surface area contributed by atoms with Gasteiger partial charge < -0.3 is 10.5 Å². The van der Waals surface area contributed by atoms with E-state index in [-0.39, 0.29) is 6.04 Å². The summed E-state index contributed by atoms with van der Waals surface area (Å²) >= 11 is 1.72. The van der Waals surface area contributed by atoms with Crippen molar-refractivity contribution in [3.63, 3.8) is 0 Å². The largest absolute Gasteiger partial charge is 0.381 e. The van der Waals surface area contributed by atoms with Crippen LogP contribution in [0, 0.1) is 5.92 Å². The number of hydrogen-bond acceptors (Lipinski definition) is 4. The van der Waals surface area contributed by atoms with Crippen molar-refractivity contribution in [2.24, 2.45) is 11.7 Å². The van der Waals surface area contributed by atoms with Crippen molar-refractivity contribution in [1.82, 2.24) is 4.98 Å². The lowest BCUT2D eigenvalue weighted by atomic mass is 9.90. The van der Waals surface area contributed by atoms with Crippen LogP contribution >= 0.6 is 11.3 Å². The normalized spacial score (nSPS) is 22.8. The van der Waals surface area contributed by atoms with Crippen molar-refractivity contribution in [3.05, 3.63) is 29.3 Å². The Morgan fingerprint density at radius 3 is 3.29 bits per heavy atom. The molecule has 3 nitrogen and oxygen atoms in total. The van der Waals surface area contributed by atoms with Gasteiger partial charge in [-0.25, -0.2) is 0 Å². The molecule has 2 N–H and O–H groups in total. The smallest absolute Gasteiger partial charge is 0.0809 e. The van der Waals surface area contributed by atoms with E-state index in [1.807, 2.05) is 12.3 Å². The first-order chi connectivity index (χ1) is 8.34. The van der Waals surface area contributed by atoms with E-state index < -0.39 is 0 Å². The molecule has 17 heavy (non-hydrogen) atoms. The number of aromatic nitrogens is 1. The molecule has 0 spiro atoms. The minimum absolute atomic E-state index is 0.0503. The molecule has 2 atom stereocenters. The molecule has 0 saturated carbocycles. The fourth-order valence-electron chi connectivity index (χ4n) is 2.36. The molecule has 3 heterocycles. The van der Waals surface area contributed by atoms with Gasteiger partial charge in [-0.05, 0) is 35.9 Å². The molecule has 1 aliphatic rings. The van der Waals surface area contributed by atoms with Gasteiger partial charge in [0.2, 0.25) is 0 Å². The minimum atomic E-state index is 0.0503. The van der Waals surface area contributed by atoms with E-state index in [1.54, 1.807) is 11.3 Å². The van der Waals surface area contributed by atoms with Crippen LogP contribution in [0.15, 0.2) is 23.7 Å². The maximum absolute atomic E-state index is 6.31. The highest BCUT2D eigenvalue weighted by Gasteiger charge is 2.22. The molecule has 3 rings (SSSR count). The summed E-state index contributed by atoms with van der Waals surface area (Å²) in [5.74, 6) is 0.433. The van der Waals surface area contributed by atoms with Gasteiger partial charge in [0.25, 0.3) is 0 Å². The zero-order valence-corrected chi connectivity index (χ0v) is 10.5. The Bertz CT molecular complexity index is 505. The molecule has 1 aliphatic heterocycles. The molecule has 90 valence electrons. The summed E-state index contributed by atoms with van der Waals surface area (Å²) in [6.07, 6.45) is 4.19. The molecule has 1 saturated heterocycles. The van der Waals surface area contributed by atoms with Gasteiger partial charge in [-0.15, -0.1) is 11.3 Å². The first-order valence-electron chi connectivity index (χ1n) is 6.01. The molecule has 0 aliphatic carbocycles. The third-order valence-corrected chi connectivity index (χ3v) is 4.27. The molecule has 0 amide bonds. The van der Waals surface area contributed by atoms with Crippen LogP contribution < -0.4 is 5.73 Å². The Kier molecular flexibility index (Phi) is 3.09. The van der Waals surface area contributed by atoms with Crippen LogP contribution in [-0.2, 0) is 4.74 Å². The predicted molar refractivity (Wildman–Crippen MR) is 70.1 cm³/mol. The van der Waals surface area contributed by atoms with Crippen molar-refractivity contribution in [3.8, 4) is 0 Å². The average molecular weight is 248 g/mol. The van der Waals surface area contributed by atoms with Gasteiger partial charge in [-0.3, -0.25) is 4.98 Å². The second-order valence-corrected chi connectivity index (χ2v) is 5.52. The summed E-state index contributed by atoms with van der Waals surface area (Å²) in [4.78, 5) is 4.45. The lowest BCUT2D eigenvalue weighted by molar-refractivity contribution is 0.0447. The van der Waals surface area contributed by atoms with Crippen molar-refractivity contribution in [1.29, 1.82) is 0 Å². The summed E-state index contributed by atoms with van der Waals surface area (Å²) < 4.78 is 6.72. The highest BCUT2D eigenvalue weighted by atomic mass is 32.1. The number of nitrogens with zero attached hydrogens (tertiary/aromatic N) is 1. The Labute approximate surface area is 105 Å². The SMILES string of the molecule is NC(c1cnc2ccsc2c1)C1CCCOC1. The summed E-state index contributed by atoms with van der Waals surface area (Å²) in [6.45, 7) is 1.66. The highest BCUT2D eigenvalue weighted by Crippen LogP contribution is 2.29. The lowest BCUT2D eigenvalue weighted by Crippen LogP contribution is -2.29. The van der Waals surface area contributed by atoms with Crippen LogP contribution in [0.4, 0.5) is 0 Å². The number of hydrogen-bond donors (Lipinski definition) is 1. The Morgan fingerprint density at radius 2 is 2.47 bits per heavy atom. The second kappa shape index (κ2) is 4.72. The standard InChI is InChI=1S/C13H16N2OS/c14-13(9-2-1-4-16-8-9)10-6-12-11(15-7-10)3-5-17-12/h3,5-7,9,13H,1-2,4,8,14H2. The average Bonchev–Trinajstić information content (AvgIpc) is 2.86. The van der Waals surface area contributed by atoms with E-state index in [0.717, 1.165) is 37.1 Å². The van der Waals surface area contributed by atoms with Crippen LogP contribution in [0.3, 0.4) is 0 Å². The maximum atomic E-state index is 6.31. The molecule has 1 fully saturated rings. The van der Waals surface area contributed by atoms with Gasteiger partial charge in [0.1, 0.15) is 0 Å². The quantitative estimate of drug-likeness (QED) is 0.889. The van der Waals surface area contributed by atoms with Crippen LogP contribution in [0.5, 0.6) is 0 Å². The van der Waals surface area contributed by atoms with Gasteiger partial charge in [0.15, 0.2) is 0 Å². The first kappa shape index (κ1) is 11.1. The van der Waals surface area contributed by atoms with Crippen molar-refractivity contribution >= 4 is 21.6 Å². The molecule has 2 aromatic heterocycles. The first-order valence-corrected chi connectivity index (χ1v) is 6.89. The zero-order valence-electron chi connectivity index (χ0n) is 9.63. The number of thiophene rings is 1. The van der Waals surface area contributed by atoms with E-state index in [9.17, 15) is 0 Å². The number of nitrogens with two attached hydrogens (primary N) is 1. The molecule has 4 heteroatoms. The Balaban J connectivity index is 1.86. The molecule has 2 unspecified atom stereocenters. The molecule has 0 aromatic carbocycles. The van der Waals surface area contributed by atoms with Gasteiger partial charge in [-0.1, -0.05) is 0 Å². The van der Waals surface area contributed by atoms with E-state index in [1.165, 1.54) is 4.70 Å². The maximum Gasteiger partial charge on any atom is 0.0809 e. The summed E-state index contributed by atoms with van der Waals surface area (Å²) in [7, 11) is 0. The fraction of sp³-hybridized carbons (Fsp3) is 0.462. The van der Waals surface area contributed by atoms with Crippen LogP contribution in [0.25, 0.3) is 10.2 Å². The van der Waals surface area contributed by atoms with Gasteiger partial charge in [0, 0.05) is 24.8 Å². The monoisotopic (exact) mass is 248 g/mol. The third kappa shape index (κ3) is 2.20. The molecular formula is C13H16N2OS. The zero-order chi connectivity index (χ0) is 11.7. The van der Waals surface area contributed by atoms with Crippen LogP contribution in [0.1, 0.15) is 24.4 Å².